The summed E-state index contributed by atoms with van der Waals surface area (Å²) in [6.07, 6.45) is 0. The van der Waals surface area contributed by atoms with Crippen LogP contribution >= 0.6 is 11.6 Å². The predicted molar refractivity (Wildman–Crippen MR) is 95.7 cm³/mol. The number of carbonyl (C=O) groups is 1. The van der Waals surface area contributed by atoms with E-state index in [0.717, 1.165) is 5.56 Å². The van der Waals surface area contributed by atoms with E-state index in [0.29, 0.717) is 16.1 Å². The molecular weight excluding hydrogens is 346 g/mol. The van der Waals surface area contributed by atoms with Gasteiger partial charge >= 0.3 is 0 Å². The van der Waals surface area contributed by atoms with Crippen LogP contribution in [-0.4, -0.2) is 14.3 Å². The van der Waals surface area contributed by atoms with Crippen molar-refractivity contribution < 1.29 is 13.2 Å². The number of amides is 1. The lowest BCUT2D eigenvalue weighted by molar-refractivity contribution is -0.123. The maximum atomic E-state index is 12.6. The lowest BCUT2D eigenvalue weighted by Gasteiger charge is -2.24. The van der Waals surface area contributed by atoms with Crippen molar-refractivity contribution in [3.8, 4) is 0 Å². The predicted octanol–water partition coefficient (Wildman–Crippen LogP) is 3.74. The Morgan fingerprint density at radius 2 is 1.75 bits per heavy atom. The lowest BCUT2D eigenvalue weighted by atomic mass is 9.84. The third kappa shape index (κ3) is 3.79. The first kappa shape index (κ1) is 18.5. The highest BCUT2D eigenvalue weighted by Crippen LogP contribution is 2.27. The van der Waals surface area contributed by atoms with Crippen LogP contribution in [0.25, 0.3) is 0 Å². The zero-order chi connectivity index (χ0) is 18.1. The average Bonchev–Trinajstić information content (AvgIpc) is 2.49. The van der Waals surface area contributed by atoms with E-state index in [1.54, 1.807) is 64.1 Å². The van der Waals surface area contributed by atoms with Crippen LogP contribution in [0.1, 0.15) is 30.5 Å². The summed E-state index contributed by atoms with van der Waals surface area (Å²) in [6.45, 7) is 6.82. The fraction of sp³-hybridized carbons (Fsp3) is 0.278. The van der Waals surface area contributed by atoms with Gasteiger partial charge in [-0.15, -0.1) is 0 Å². The minimum absolute atomic E-state index is 0.109. The third-order valence-electron chi connectivity index (χ3n) is 3.97. The highest BCUT2D eigenvalue weighted by molar-refractivity contribution is 7.90. The van der Waals surface area contributed by atoms with Gasteiger partial charge in [-0.2, -0.15) is 0 Å². The van der Waals surface area contributed by atoms with E-state index in [4.69, 9.17) is 11.6 Å². The molecule has 2 aromatic rings. The summed E-state index contributed by atoms with van der Waals surface area (Å²) in [4.78, 5) is 12.7. The van der Waals surface area contributed by atoms with Crippen molar-refractivity contribution in [1.82, 2.24) is 4.72 Å². The molecule has 0 spiro atoms. The highest BCUT2D eigenvalue weighted by Gasteiger charge is 2.33. The fourth-order valence-corrected chi connectivity index (χ4v) is 3.94. The first-order valence-electron chi connectivity index (χ1n) is 7.44. The minimum atomic E-state index is -3.95. The van der Waals surface area contributed by atoms with Crippen molar-refractivity contribution in [2.75, 3.05) is 0 Å². The smallest absolute Gasteiger partial charge is 0.264 e. The van der Waals surface area contributed by atoms with Crippen LogP contribution in [0.2, 0.25) is 5.02 Å². The van der Waals surface area contributed by atoms with Gasteiger partial charge in [-0.25, -0.2) is 13.1 Å². The first-order chi connectivity index (χ1) is 11.0. The summed E-state index contributed by atoms with van der Waals surface area (Å²) in [5, 5.41) is 0.491. The van der Waals surface area contributed by atoms with E-state index in [2.05, 4.69) is 4.72 Å². The number of rotatable bonds is 4. The molecule has 128 valence electrons. The second-order valence-corrected chi connectivity index (χ2v) is 8.43. The molecule has 0 saturated carbocycles. The maximum absolute atomic E-state index is 12.6. The molecule has 1 N–H and O–H groups in total. The van der Waals surface area contributed by atoms with Gasteiger partial charge in [-0.1, -0.05) is 35.9 Å². The molecule has 6 heteroatoms. The van der Waals surface area contributed by atoms with Gasteiger partial charge in [0.1, 0.15) is 0 Å². The topological polar surface area (TPSA) is 63.2 Å². The minimum Gasteiger partial charge on any atom is -0.273 e. The molecule has 0 heterocycles. The van der Waals surface area contributed by atoms with Gasteiger partial charge in [-0.3, -0.25) is 4.79 Å². The van der Waals surface area contributed by atoms with Gasteiger partial charge < -0.3 is 0 Å². The summed E-state index contributed by atoms with van der Waals surface area (Å²) >= 11 is 5.97. The zero-order valence-electron chi connectivity index (χ0n) is 14.1. The van der Waals surface area contributed by atoms with Gasteiger partial charge in [0, 0.05) is 5.02 Å². The van der Waals surface area contributed by atoms with Crippen molar-refractivity contribution in [1.29, 1.82) is 0 Å². The fourth-order valence-electron chi connectivity index (χ4n) is 2.31. The van der Waals surface area contributed by atoms with E-state index < -0.39 is 21.3 Å². The van der Waals surface area contributed by atoms with Crippen LogP contribution < -0.4 is 4.72 Å². The molecule has 0 unspecified atom stereocenters. The van der Waals surface area contributed by atoms with Crippen LogP contribution in [0.15, 0.2) is 47.4 Å². The van der Waals surface area contributed by atoms with Crippen molar-refractivity contribution in [2.24, 2.45) is 0 Å². The summed E-state index contributed by atoms with van der Waals surface area (Å²) < 4.78 is 27.4. The van der Waals surface area contributed by atoms with E-state index in [1.807, 2.05) is 6.07 Å². The number of benzene rings is 2. The normalized spacial score (nSPS) is 12.0. The Balaban J connectivity index is 2.35. The number of hydrogen-bond acceptors (Lipinski definition) is 3. The molecule has 24 heavy (non-hydrogen) atoms. The number of halogens is 1. The molecule has 0 atom stereocenters. The van der Waals surface area contributed by atoms with Crippen molar-refractivity contribution in [2.45, 2.75) is 38.0 Å². The number of hydrogen-bond donors (Lipinski definition) is 1. The van der Waals surface area contributed by atoms with Crippen LogP contribution in [0.3, 0.4) is 0 Å². The van der Waals surface area contributed by atoms with E-state index in [9.17, 15) is 13.2 Å². The van der Waals surface area contributed by atoms with Gasteiger partial charge in [0.2, 0.25) is 5.91 Å². The van der Waals surface area contributed by atoms with Crippen molar-refractivity contribution in [3.05, 3.63) is 64.2 Å². The van der Waals surface area contributed by atoms with Crippen LogP contribution in [-0.2, 0) is 20.2 Å². The number of sulfonamides is 1. The monoisotopic (exact) mass is 365 g/mol. The molecule has 0 saturated heterocycles. The molecule has 0 aliphatic carbocycles. The molecule has 1 amide bonds. The highest BCUT2D eigenvalue weighted by atomic mass is 35.5. The lowest BCUT2D eigenvalue weighted by Crippen LogP contribution is -2.43. The summed E-state index contributed by atoms with van der Waals surface area (Å²) in [6, 6.07) is 11.9. The maximum Gasteiger partial charge on any atom is 0.264 e. The van der Waals surface area contributed by atoms with E-state index in [-0.39, 0.29) is 4.90 Å². The molecule has 0 aliphatic heterocycles. The third-order valence-corrected chi connectivity index (χ3v) is 5.68. The van der Waals surface area contributed by atoms with Gasteiger partial charge in [0.15, 0.2) is 0 Å². The Labute approximate surface area is 147 Å². The molecule has 2 aromatic carbocycles. The Morgan fingerprint density at radius 1 is 1.08 bits per heavy atom. The SMILES string of the molecule is Cc1ccc(C)c(S(=O)(=O)NC(=O)C(C)(C)c2cccc(Cl)c2)c1. The Bertz CT molecular complexity index is 889. The summed E-state index contributed by atoms with van der Waals surface area (Å²) in [5.41, 5.74) is 0.989. The van der Waals surface area contributed by atoms with Crippen LogP contribution in [0.5, 0.6) is 0 Å². The van der Waals surface area contributed by atoms with Gasteiger partial charge in [0.25, 0.3) is 10.0 Å². The van der Waals surface area contributed by atoms with Crippen molar-refractivity contribution in [3.63, 3.8) is 0 Å². The van der Waals surface area contributed by atoms with Gasteiger partial charge in [0.05, 0.1) is 10.3 Å². The van der Waals surface area contributed by atoms with E-state index >= 15 is 0 Å². The first-order valence-corrected chi connectivity index (χ1v) is 9.31. The summed E-state index contributed by atoms with van der Waals surface area (Å²) in [7, 11) is -3.95. The number of aryl methyl sites for hydroxylation is 2. The van der Waals surface area contributed by atoms with Crippen molar-refractivity contribution >= 4 is 27.5 Å². The largest absolute Gasteiger partial charge is 0.273 e. The molecule has 2 rings (SSSR count). The summed E-state index contributed by atoms with van der Waals surface area (Å²) in [5.74, 6) is -0.606. The molecule has 0 aliphatic rings. The molecule has 0 radical (unpaired) electrons. The quantitative estimate of drug-likeness (QED) is 0.897. The Hall–Kier alpha value is -1.85. The molecular formula is C18H20ClNO3S. The Kier molecular flexibility index (Phi) is 5.06. The molecule has 0 fully saturated rings. The van der Waals surface area contributed by atoms with Crippen LogP contribution in [0, 0.1) is 13.8 Å². The number of nitrogens with one attached hydrogen (secondary N) is 1. The average molecular weight is 366 g/mol. The molecule has 0 aromatic heterocycles. The molecule has 0 bridgehead atoms. The Morgan fingerprint density at radius 3 is 2.38 bits per heavy atom. The zero-order valence-corrected chi connectivity index (χ0v) is 15.6. The van der Waals surface area contributed by atoms with Gasteiger partial charge in [-0.05, 0) is 62.6 Å². The van der Waals surface area contributed by atoms with E-state index in [1.165, 1.54) is 0 Å². The molecule has 4 nitrogen and oxygen atoms in total. The second kappa shape index (κ2) is 6.57. The number of carbonyl (C=O) groups excluding carboxylic acids is 1. The standard InChI is InChI=1S/C18H20ClNO3S/c1-12-8-9-13(2)16(10-12)24(22,23)20-17(21)18(3,4)14-6-5-7-15(19)11-14/h5-11H,1-4H3,(H,20,21). The van der Waals surface area contributed by atoms with Crippen LogP contribution in [0.4, 0.5) is 0 Å². The second-order valence-electron chi connectivity index (χ2n) is 6.34.